The molecule has 5 heteroatoms. The van der Waals surface area contributed by atoms with Gasteiger partial charge in [0.1, 0.15) is 5.82 Å². The van der Waals surface area contributed by atoms with Crippen molar-refractivity contribution in [3.05, 3.63) is 41.4 Å². The molecule has 0 spiro atoms. The third-order valence-electron chi connectivity index (χ3n) is 4.64. The molecule has 2 heterocycles. The summed E-state index contributed by atoms with van der Waals surface area (Å²) in [4.78, 5) is 4.33. The van der Waals surface area contributed by atoms with Crippen LogP contribution in [-0.2, 0) is 6.42 Å². The predicted octanol–water partition coefficient (Wildman–Crippen LogP) is 3.08. The van der Waals surface area contributed by atoms with Gasteiger partial charge in [0.2, 0.25) is 0 Å². The summed E-state index contributed by atoms with van der Waals surface area (Å²) in [6.45, 7) is 8.55. The van der Waals surface area contributed by atoms with E-state index in [1.165, 1.54) is 11.6 Å². The summed E-state index contributed by atoms with van der Waals surface area (Å²) in [7, 11) is 0. The Morgan fingerprint density at radius 3 is 2.95 bits per heavy atom. The molecule has 1 saturated carbocycles. The van der Waals surface area contributed by atoms with Crippen LogP contribution >= 0.6 is 0 Å². The van der Waals surface area contributed by atoms with E-state index >= 15 is 0 Å². The number of hydrogen-bond donors (Lipinski definition) is 3. The van der Waals surface area contributed by atoms with E-state index in [4.69, 9.17) is 0 Å². The van der Waals surface area contributed by atoms with Gasteiger partial charge in [0.05, 0.1) is 6.10 Å². The van der Waals surface area contributed by atoms with Gasteiger partial charge in [-0.25, -0.2) is 9.37 Å². The lowest BCUT2D eigenvalue weighted by Crippen LogP contribution is -2.17. The van der Waals surface area contributed by atoms with Crippen molar-refractivity contribution >= 4 is 11.6 Å². The van der Waals surface area contributed by atoms with Gasteiger partial charge in [0, 0.05) is 30.6 Å². The first-order chi connectivity index (χ1) is 10.5. The molecule has 118 valence electrons. The van der Waals surface area contributed by atoms with Gasteiger partial charge < -0.3 is 15.7 Å². The second kappa shape index (κ2) is 5.72. The summed E-state index contributed by atoms with van der Waals surface area (Å²) in [5.74, 6) is 1.55. The minimum absolute atomic E-state index is 0.273. The van der Waals surface area contributed by atoms with Gasteiger partial charge in [-0.1, -0.05) is 19.1 Å². The second-order valence-electron chi connectivity index (χ2n) is 6.12. The average molecular weight is 303 g/mol. The number of hydrogen-bond acceptors (Lipinski definition) is 4. The van der Waals surface area contributed by atoms with E-state index in [2.05, 4.69) is 29.1 Å². The summed E-state index contributed by atoms with van der Waals surface area (Å²) < 4.78 is 14.2. The van der Waals surface area contributed by atoms with Crippen molar-refractivity contribution in [1.82, 2.24) is 4.98 Å². The molecule has 0 saturated heterocycles. The molecule has 2 aliphatic rings. The molecule has 0 bridgehead atoms. The van der Waals surface area contributed by atoms with Crippen LogP contribution in [0.25, 0.3) is 0 Å². The summed E-state index contributed by atoms with van der Waals surface area (Å²) in [6, 6.07) is 1.49. The zero-order valence-electron chi connectivity index (χ0n) is 13.0. The highest BCUT2D eigenvalue weighted by Gasteiger charge is 2.40. The molecule has 1 aliphatic heterocycles. The number of halogens is 1. The molecule has 2 unspecified atom stereocenters. The lowest BCUT2D eigenvalue weighted by Gasteiger charge is -2.20. The Balaban J connectivity index is 1.70. The predicted molar refractivity (Wildman–Crippen MR) is 86.2 cm³/mol. The molecule has 1 aliphatic carbocycles. The number of rotatable bonds is 5. The van der Waals surface area contributed by atoms with Crippen LogP contribution in [0, 0.1) is 17.7 Å². The van der Waals surface area contributed by atoms with Crippen molar-refractivity contribution in [2.45, 2.75) is 32.8 Å². The van der Waals surface area contributed by atoms with Crippen LogP contribution in [0.3, 0.4) is 0 Å². The Kier molecular flexibility index (Phi) is 3.91. The fraction of sp³-hybridized carbons (Fsp3) is 0.471. The highest BCUT2D eigenvalue weighted by molar-refractivity contribution is 5.58. The maximum atomic E-state index is 14.2. The van der Waals surface area contributed by atoms with Crippen molar-refractivity contribution in [3.8, 4) is 0 Å². The van der Waals surface area contributed by atoms with Gasteiger partial charge >= 0.3 is 0 Å². The Labute approximate surface area is 130 Å². The lowest BCUT2D eigenvalue weighted by atomic mass is 10.00. The topological polar surface area (TPSA) is 57.2 Å². The minimum Gasteiger partial charge on any atom is -0.389 e. The minimum atomic E-state index is -0.548. The zero-order valence-corrected chi connectivity index (χ0v) is 13.0. The number of fused-ring (bicyclic) bond motifs is 1. The van der Waals surface area contributed by atoms with E-state index in [0.29, 0.717) is 30.6 Å². The molecule has 22 heavy (non-hydrogen) atoms. The van der Waals surface area contributed by atoms with Gasteiger partial charge in [0.25, 0.3) is 0 Å². The smallest absolute Gasteiger partial charge is 0.165 e. The fourth-order valence-corrected chi connectivity index (χ4v) is 3.08. The summed E-state index contributed by atoms with van der Waals surface area (Å²) in [6.07, 6.45) is 2.80. The maximum Gasteiger partial charge on any atom is 0.165 e. The van der Waals surface area contributed by atoms with Gasteiger partial charge in [-0.15, -0.1) is 0 Å². The van der Waals surface area contributed by atoms with Crippen LogP contribution in [-0.4, -0.2) is 22.7 Å². The number of pyridine rings is 1. The summed E-state index contributed by atoms with van der Waals surface area (Å²) in [5, 5.41) is 15.7. The second-order valence-corrected chi connectivity index (χ2v) is 6.12. The average Bonchev–Trinajstić information content (AvgIpc) is 3.13. The van der Waals surface area contributed by atoms with Crippen molar-refractivity contribution in [3.63, 3.8) is 0 Å². The first-order valence-electron chi connectivity index (χ1n) is 7.76. The van der Waals surface area contributed by atoms with Gasteiger partial charge in [-0.3, -0.25) is 0 Å². The lowest BCUT2D eigenvalue weighted by molar-refractivity contribution is 0.228. The maximum absolute atomic E-state index is 14.2. The number of aliphatic hydroxyl groups is 1. The van der Waals surface area contributed by atoms with Gasteiger partial charge in [0.15, 0.2) is 11.6 Å². The molecule has 1 fully saturated rings. The molecule has 3 atom stereocenters. The van der Waals surface area contributed by atoms with E-state index in [9.17, 15) is 9.50 Å². The van der Waals surface area contributed by atoms with Crippen LogP contribution in [0.15, 0.2) is 30.0 Å². The largest absolute Gasteiger partial charge is 0.389 e. The third-order valence-corrected chi connectivity index (χ3v) is 4.64. The van der Waals surface area contributed by atoms with Crippen LogP contribution in [0.5, 0.6) is 0 Å². The first-order valence-corrected chi connectivity index (χ1v) is 7.76. The molecule has 3 rings (SSSR count). The Bertz CT molecular complexity index is 639. The molecule has 0 radical (unpaired) electrons. The van der Waals surface area contributed by atoms with E-state index in [0.717, 1.165) is 17.6 Å². The summed E-state index contributed by atoms with van der Waals surface area (Å²) >= 11 is 0. The number of anilines is 2. The molecular weight excluding hydrogens is 281 g/mol. The molecule has 0 aromatic carbocycles. The van der Waals surface area contributed by atoms with Crippen LogP contribution < -0.4 is 10.6 Å². The van der Waals surface area contributed by atoms with Crippen LogP contribution in [0.1, 0.15) is 25.8 Å². The van der Waals surface area contributed by atoms with Gasteiger partial charge in [-0.05, 0) is 30.9 Å². The van der Waals surface area contributed by atoms with E-state index in [1.807, 2.05) is 0 Å². The Morgan fingerprint density at radius 1 is 1.55 bits per heavy atom. The number of nitrogens with zero attached hydrogens (tertiary/aromatic N) is 1. The standard InChI is InChI=1S/C17H22FN3O/c1-4-13-9(2)14(13)8-20-17-15(18)6-11-5-12(10(3)22)7-19-16(11)21-17/h6-7,10,13-14,22H,2,4-5,8H2,1,3H3,(H2,19,20,21)/t10?,13?,14-/m0/s1. The fourth-order valence-electron chi connectivity index (χ4n) is 3.08. The van der Waals surface area contributed by atoms with Crippen molar-refractivity contribution < 1.29 is 9.50 Å². The van der Waals surface area contributed by atoms with Crippen molar-refractivity contribution in [2.75, 3.05) is 17.2 Å². The molecular formula is C17H22FN3O. The molecule has 0 amide bonds. The summed E-state index contributed by atoms with van der Waals surface area (Å²) in [5.41, 5.74) is 2.84. The normalized spacial score (nSPS) is 24.2. The number of aliphatic hydroxyl groups excluding tert-OH is 1. The van der Waals surface area contributed by atoms with Crippen LogP contribution in [0.2, 0.25) is 0 Å². The highest BCUT2D eigenvalue weighted by atomic mass is 19.1. The highest BCUT2D eigenvalue weighted by Crippen LogP contribution is 2.46. The van der Waals surface area contributed by atoms with Crippen LogP contribution in [0.4, 0.5) is 16.0 Å². The zero-order chi connectivity index (χ0) is 15.9. The molecule has 1 aromatic rings. The number of nitrogens with one attached hydrogen (secondary N) is 2. The third kappa shape index (κ3) is 2.73. The Hall–Kier alpha value is -1.88. The van der Waals surface area contributed by atoms with E-state index in [-0.39, 0.29) is 11.6 Å². The van der Waals surface area contributed by atoms with Crippen molar-refractivity contribution in [2.24, 2.45) is 11.8 Å². The quantitative estimate of drug-likeness (QED) is 0.732. The monoisotopic (exact) mass is 303 g/mol. The Morgan fingerprint density at radius 2 is 2.32 bits per heavy atom. The molecule has 3 N–H and O–H groups in total. The van der Waals surface area contributed by atoms with Crippen molar-refractivity contribution in [1.29, 1.82) is 0 Å². The molecule has 1 aromatic heterocycles. The van der Waals surface area contributed by atoms with Gasteiger partial charge in [-0.2, -0.15) is 0 Å². The SMILES string of the molecule is C=C1C(CC)[C@H]1CNc1nc2c(cc1F)CC(C(C)O)=CN2. The van der Waals surface area contributed by atoms with E-state index in [1.54, 1.807) is 13.1 Å². The van der Waals surface area contributed by atoms with E-state index < -0.39 is 6.10 Å². The first kappa shape index (κ1) is 15.0. The number of aromatic nitrogens is 1. The molecule has 4 nitrogen and oxygen atoms in total.